The van der Waals surface area contributed by atoms with E-state index in [9.17, 15) is 5.11 Å². The Bertz CT molecular complexity index is 318. The van der Waals surface area contributed by atoms with Crippen LogP contribution in [0.3, 0.4) is 0 Å². The number of aliphatic hydroxyl groups excluding tert-OH is 2. The molecular weight excluding hydrogens is 204 g/mol. The average Bonchev–Trinajstić information content (AvgIpc) is 2.35. The summed E-state index contributed by atoms with van der Waals surface area (Å²) in [5.74, 6) is 0.709. The lowest BCUT2D eigenvalue weighted by molar-refractivity contribution is 0.139. The molecule has 0 aliphatic heterocycles. The van der Waals surface area contributed by atoms with Crippen molar-refractivity contribution in [2.45, 2.75) is 13.0 Å². The molecule has 2 N–H and O–H groups in total. The third-order valence-electron chi connectivity index (χ3n) is 2.45. The van der Waals surface area contributed by atoms with Crippen LogP contribution in [-0.2, 0) is 0 Å². The second-order valence-electron chi connectivity index (χ2n) is 3.68. The highest BCUT2D eigenvalue weighted by Gasteiger charge is 2.12. The zero-order valence-corrected chi connectivity index (χ0v) is 9.47. The van der Waals surface area contributed by atoms with E-state index < -0.39 is 6.10 Å². The van der Waals surface area contributed by atoms with Gasteiger partial charge < -0.3 is 14.9 Å². The van der Waals surface area contributed by atoms with E-state index in [-0.39, 0.29) is 19.1 Å². The Labute approximate surface area is 96.0 Å². The number of hydrogen-bond donors (Lipinski definition) is 2. The van der Waals surface area contributed by atoms with Crippen molar-refractivity contribution in [3.05, 3.63) is 42.5 Å². The molecule has 0 spiro atoms. The Morgan fingerprint density at radius 1 is 1.38 bits per heavy atom. The molecule has 1 aromatic carbocycles. The number of aliphatic hydroxyl groups is 2. The van der Waals surface area contributed by atoms with Crippen LogP contribution in [0.2, 0.25) is 0 Å². The van der Waals surface area contributed by atoms with Crippen molar-refractivity contribution in [3.8, 4) is 5.75 Å². The molecule has 0 saturated carbocycles. The molecule has 2 atom stereocenters. The lowest BCUT2D eigenvalue weighted by atomic mass is 9.98. The molecular formula is C13H18O3. The number of benzene rings is 1. The SMILES string of the molecule is C=C[C@@H](C)[C@@H](O)c1ccc(OCCO)cc1. The predicted molar refractivity (Wildman–Crippen MR) is 63.3 cm³/mol. The predicted octanol–water partition coefficient (Wildman–Crippen LogP) is 1.91. The van der Waals surface area contributed by atoms with Gasteiger partial charge in [0.15, 0.2) is 0 Å². The molecule has 3 heteroatoms. The second-order valence-corrected chi connectivity index (χ2v) is 3.68. The fourth-order valence-corrected chi connectivity index (χ4v) is 1.36. The average molecular weight is 222 g/mol. The topological polar surface area (TPSA) is 49.7 Å². The molecule has 1 aromatic rings. The highest BCUT2D eigenvalue weighted by atomic mass is 16.5. The Morgan fingerprint density at radius 3 is 2.50 bits per heavy atom. The van der Waals surface area contributed by atoms with E-state index >= 15 is 0 Å². The van der Waals surface area contributed by atoms with Crippen LogP contribution in [0.15, 0.2) is 36.9 Å². The van der Waals surface area contributed by atoms with Crippen LogP contribution < -0.4 is 4.74 Å². The van der Waals surface area contributed by atoms with Gasteiger partial charge in [0.05, 0.1) is 12.7 Å². The molecule has 0 aliphatic rings. The largest absolute Gasteiger partial charge is 0.491 e. The van der Waals surface area contributed by atoms with Crippen LogP contribution in [0.4, 0.5) is 0 Å². The maximum absolute atomic E-state index is 9.90. The first-order valence-corrected chi connectivity index (χ1v) is 5.33. The van der Waals surface area contributed by atoms with Gasteiger partial charge in [-0.2, -0.15) is 0 Å². The Balaban J connectivity index is 2.66. The molecule has 0 heterocycles. The van der Waals surface area contributed by atoms with Crippen LogP contribution >= 0.6 is 0 Å². The summed E-state index contributed by atoms with van der Waals surface area (Å²) >= 11 is 0. The molecule has 0 saturated heterocycles. The van der Waals surface area contributed by atoms with E-state index in [1.807, 2.05) is 19.1 Å². The van der Waals surface area contributed by atoms with Crippen molar-refractivity contribution in [3.63, 3.8) is 0 Å². The molecule has 88 valence electrons. The fourth-order valence-electron chi connectivity index (χ4n) is 1.36. The standard InChI is InChI=1S/C13H18O3/c1-3-10(2)13(15)11-4-6-12(7-5-11)16-9-8-14/h3-7,10,13-15H,1,8-9H2,2H3/t10-,13-/m1/s1. The summed E-state index contributed by atoms with van der Waals surface area (Å²) < 4.78 is 5.22. The first-order chi connectivity index (χ1) is 7.69. The van der Waals surface area contributed by atoms with Crippen molar-refractivity contribution in [1.29, 1.82) is 0 Å². The normalized spacial score (nSPS) is 14.2. The molecule has 0 unspecified atom stereocenters. The maximum Gasteiger partial charge on any atom is 0.119 e. The summed E-state index contributed by atoms with van der Waals surface area (Å²) in [6.45, 7) is 5.84. The van der Waals surface area contributed by atoms with Gasteiger partial charge in [-0.05, 0) is 17.7 Å². The number of ether oxygens (including phenoxy) is 1. The smallest absolute Gasteiger partial charge is 0.119 e. The van der Waals surface area contributed by atoms with Crippen molar-refractivity contribution >= 4 is 0 Å². The summed E-state index contributed by atoms with van der Waals surface area (Å²) in [4.78, 5) is 0. The van der Waals surface area contributed by atoms with Gasteiger partial charge in [-0.25, -0.2) is 0 Å². The molecule has 1 rings (SSSR count). The monoisotopic (exact) mass is 222 g/mol. The van der Waals surface area contributed by atoms with Crippen molar-refractivity contribution < 1.29 is 14.9 Å². The third kappa shape index (κ3) is 3.36. The van der Waals surface area contributed by atoms with E-state index in [4.69, 9.17) is 9.84 Å². The van der Waals surface area contributed by atoms with E-state index in [2.05, 4.69) is 6.58 Å². The molecule has 0 fully saturated rings. The minimum Gasteiger partial charge on any atom is -0.491 e. The number of rotatable bonds is 6. The van der Waals surface area contributed by atoms with E-state index in [0.29, 0.717) is 5.75 Å². The second kappa shape index (κ2) is 6.30. The molecule has 0 aliphatic carbocycles. The van der Waals surface area contributed by atoms with Gasteiger partial charge in [-0.3, -0.25) is 0 Å². The van der Waals surface area contributed by atoms with Crippen molar-refractivity contribution in [2.75, 3.05) is 13.2 Å². The van der Waals surface area contributed by atoms with Gasteiger partial charge in [0, 0.05) is 5.92 Å². The van der Waals surface area contributed by atoms with Gasteiger partial charge in [0.25, 0.3) is 0 Å². The summed E-state index contributed by atoms with van der Waals surface area (Å²) in [5.41, 5.74) is 0.837. The quantitative estimate of drug-likeness (QED) is 0.723. The highest BCUT2D eigenvalue weighted by molar-refractivity contribution is 5.29. The zero-order chi connectivity index (χ0) is 12.0. The van der Waals surface area contributed by atoms with Crippen LogP contribution in [0.1, 0.15) is 18.6 Å². The van der Waals surface area contributed by atoms with E-state index in [1.165, 1.54) is 0 Å². The molecule has 0 amide bonds. The Hall–Kier alpha value is -1.32. The summed E-state index contributed by atoms with van der Waals surface area (Å²) in [7, 11) is 0. The maximum atomic E-state index is 9.90. The fraction of sp³-hybridized carbons (Fsp3) is 0.385. The Morgan fingerprint density at radius 2 is 2.00 bits per heavy atom. The minimum atomic E-state index is -0.538. The molecule has 0 radical (unpaired) electrons. The third-order valence-corrected chi connectivity index (χ3v) is 2.45. The van der Waals surface area contributed by atoms with Gasteiger partial charge in [-0.15, -0.1) is 6.58 Å². The van der Waals surface area contributed by atoms with Crippen molar-refractivity contribution in [2.24, 2.45) is 5.92 Å². The van der Waals surface area contributed by atoms with Crippen LogP contribution in [0, 0.1) is 5.92 Å². The highest BCUT2D eigenvalue weighted by Crippen LogP contribution is 2.24. The summed E-state index contributed by atoms with van der Waals surface area (Å²) in [6.07, 6.45) is 1.19. The van der Waals surface area contributed by atoms with Gasteiger partial charge in [0.1, 0.15) is 12.4 Å². The summed E-state index contributed by atoms with van der Waals surface area (Å²) in [6, 6.07) is 7.20. The summed E-state index contributed by atoms with van der Waals surface area (Å²) in [5, 5.41) is 18.5. The molecule has 3 nitrogen and oxygen atoms in total. The van der Waals surface area contributed by atoms with Crippen LogP contribution in [-0.4, -0.2) is 23.4 Å². The van der Waals surface area contributed by atoms with Crippen LogP contribution in [0.5, 0.6) is 5.75 Å². The zero-order valence-electron chi connectivity index (χ0n) is 9.47. The van der Waals surface area contributed by atoms with Crippen molar-refractivity contribution in [1.82, 2.24) is 0 Å². The Kier molecular flexibility index (Phi) is 5.02. The first kappa shape index (κ1) is 12.7. The first-order valence-electron chi connectivity index (χ1n) is 5.33. The van der Waals surface area contributed by atoms with Gasteiger partial charge in [0.2, 0.25) is 0 Å². The minimum absolute atomic E-state index is 0.00211. The van der Waals surface area contributed by atoms with E-state index in [0.717, 1.165) is 5.56 Å². The molecule has 16 heavy (non-hydrogen) atoms. The van der Waals surface area contributed by atoms with E-state index in [1.54, 1.807) is 18.2 Å². The number of hydrogen-bond acceptors (Lipinski definition) is 3. The van der Waals surface area contributed by atoms with Gasteiger partial charge >= 0.3 is 0 Å². The van der Waals surface area contributed by atoms with Gasteiger partial charge in [-0.1, -0.05) is 25.1 Å². The lowest BCUT2D eigenvalue weighted by Crippen LogP contribution is -2.06. The van der Waals surface area contributed by atoms with Crippen LogP contribution in [0.25, 0.3) is 0 Å². The molecule has 0 bridgehead atoms. The molecule has 0 aromatic heterocycles. The lowest BCUT2D eigenvalue weighted by Gasteiger charge is -2.15.